The zero-order chi connectivity index (χ0) is 25.3. The van der Waals surface area contributed by atoms with Crippen LogP contribution in [0.25, 0.3) is 6.08 Å². The topological polar surface area (TPSA) is 103 Å². The van der Waals surface area contributed by atoms with Crippen LogP contribution in [0.15, 0.2) is 34.0 Å². The number of nitriles is 1. The van der Waals surface area contributed by atoms with Crippen LogP contribution in [0.2, 0.25) is 0 Å². The van der Waals surface area contributed by atoms with E-state index < -0.39 is 29.7 Å². The molecule has 1 saturated carbocycles. The summed E-state index contributed by atoms with van der Waals surface area (Å²) in [5.74, 6) is -1.41. The van der Waals surface area contributed by atoms with E-state index in [0.29, 0.717) is 17.7 Å². The Balaban J connectivity index is 1.66. The Morgan fingerprint density at radius 3 is 2.49 bits per heavy atom. The highest BCUT2D eigenvalue weighted by Crippen LogP contribution is 2.35. The minimum absolute atomic E-state index is 0.108. The monoisotopic (exact) mass is 507 g/mol. The largest absolute Gasteiger partial charge is 0.494 e. The third-order valence-corrected chi connectivity index (χ3v) is 7.89. The van der Waals surface area contributed by atoms with Crippen molar-refractivity contribution in [3.8, 4) is 11.9 Å². The molecule has 2 aromatic rings. The molecule has 1 aliphatic heterocycles. The Kier molecular flexibility index (Phi) is 7.24. The highest BCUT2D eigenvalue weighted by molar-refractivity contribution is 8.26. The predicted octanol–water partition coefficient (Wildman–Crippen LogP) is 4.63. The number of pyridine rings is 1. The summed E-state index contributed by atoms with van der Waals surface area (Å²) < 4.78 is 1.43. The quantitative estimate of drug-likeness (QED) is 0.357. The van der Waals surface area contributed by atoms with Crippen LogP contribution in [0, 0.1) is 25.2 Å². The molecule has 0 bridgehead atoms. The molecule has 4 rings (SSSR count). The Morgan fingerprint density at radius 1 is 1.20 bits per heavy atom. The molecule has 2 heterocycles. The van der Waals surface area contributed by atoms with Gasteiger partial charge in [0.15, 0.2) is 5.78 Å². The van der Waals surface area contributed by atoms with Crippen LogP contribution in [0.4, 0.5) is 0 Å². The fraction of sp³-hybridized carbons (Fsp3) is 0.346. The molecule has 0 atom stereocenters. The van der Waals surface area contributed by atoms with Crippen LogP contribution in [-0.4, -0.2) is 37.1 Å². The maximum Gasteiger partial charge on any atom is 0.271 e. The van der Waals surface area contributed by atoms with Gasteiger partial charge in [0.25, 0.3) is 11.5 Å². The van der Waals surface area contributed by atoms with Gasteiger partial charge in [-0.1, -0.05) is 73.1 Å². The van der Waals surface area contributed by atoms with Crippen molar-refractivity contribution in [2.24, 2.45) is 0 Å². The number of Topliss-reactive ketones (excluding diaryl/α,β-unsaturated/α-hetero) is 1. The van der Waals surface area contributed by atoms with Crippen LogP contribution in [0.1, 0.15) is 70.8 Å². The number of aromatic hydroxyl groups is 1. The molecule has 180 valence electrons. The maximum absolute atomic E-state index is 13.4. The van der Waals surface area contributed by atoms with Gasteiger partial charge in [-0.25, -0.2) is 0 Å². The summed E-state index contributed by atoms with van der Waals surface area (Å²) in [4.78, 5) is 41.0. The second kappa shape index (κ2) is 10.2. The lowest BCUT2D eigenvalue weighted by Crippen LogP contribution is -2.36. The molecular weight excluding hydrogens is 482 g/mol. The van der Waals surface area contributed by atoms with Crippen LogP contribution in [-0.2, 0) is 4.79 Å². The van der Waals surface area contributed by atoms with E-state index in [4.69, 9.17) is 12.2 Å². The minimum atomic E-state index is -0.586. The molecule has 9 heteroatoms. The van der Waals surface area contributed by atoms with E-state index in [1.54, 1.807) is 6.08 Å². The second-order valence-corrected chi connectivity index (χ2v) is 10.6. The number of rotatable bonds is 5. The molecule has 1 aromatic carbocycles. The summed E-state index contributed by atoms with van der Waals surface area (Å²) in [6, 6.07) is 9.30. The Bertz CT molecular complexity index is 1350. The first kappa shape index (κ1) is 24.9. The van der Waals surface area contributed by atoms with Crippen molar-refractivity contribution >= 4 is 46.1 Å². The van der Waals surface area contributed by atoms with Gasteiger partial charge in [0.2, 0.25) is 5.88 Å². The molecule has 7 nitrogen and oxygen atoms in total. The molecular formula is C26H25N3O4S2. The number of thioether (sulfide) groups is 1. The molecule has 1 saturated heterocycles. The molecule has 1 N–H and O–H groups in total. The average molecular weight is 508 g/mol. The van der Waals surface area contributed by atoms with Gasteiger partial charge in [-0.15, -0.1) is 0 Å². The van der Waals surface area contributed by atoms with Crippen LogP contribution in [0.3, 0.4) is 0 Å². The lowest BCUT2D eigenvalue weighted by atomic mass is 9.93. The fourth-order valence-electron chi connectivity index (χ4n) is 4.61. The van der Waals surface area contributed by atoms with Gasteiger partial charge in [0, 0.05) is 6.04 Å². The highest BCUT2D eigenvalue weighted by Gasteiger charge is 2.36. The van der Waals surface area contributed by atoms with Gasteiger partial charge in [0.05, 0.1) is 17.0 Å². The molecule has 0 radical (unpaired) electrons. The van der Waals surface area contributed by atoms with Crippen LogP contribution >= 0.6 is 24.0 Å². The Labute approximate surface area is 213 Å². The number of ketones is 1. The zero-order valence-corrected chi connectivity index (χ0v) is 21.2. The van der Waals surface area contributed by atoms with E-state index in [0.717, 1.165) is 42.2 Å². The molecule has 0 unspecified atom stereocenters. The summed E-state index contributed by atoms with van der Waals surface area (Å²) >= 11 is 6.48. The molecule has 1 aliphatic carbocycles. The van der Waals surface area contributed by atoms with Crippen molar-refractivity contribution in [1.29, 1.82) is 5.26 Å². The van der Waals surface area contributed by atoms with Gasteiger partial charge < -0.3 is 5.11 Å². The summed E-state index contributed by atoms with van der Waals surface area (Å²) in [7, 11) is 0. The number of thiocarbonyl (C=S) groups is 1. The fourth-order valence-corrected chi connectivity index (χ4v) is 5.86. The molecule has 2 aliphatic rings. The standard InChI is InChI=1S/C26H25N3O4S2/c1-15-8-10-17(11-9-15)12-21-24(32)28(26(34)35-21)14-20(30)22-16(2)19(13-27)23(31)29(25(22)33)18-6-4-3-5-7-18/h8-12,18,33H,3-7,14H2,1-2H3/b21-12-. The van der Waals surface area contributed by atoms with Crippen molar-refractivity contribution in [3.63, 3.8) is 0 Å². The first-order valence-electron chi connectivity index (χ1n) is 11.5. The number of amides is 1. The number of nitrogens with zero attached hydrogens (tertiary/aromatic N) is 3. The minimum Gasteiger partial charge on any atom is -0.494 e. The lowest BCUT2D eigenvalue weighted by Gasteiger charge is -2.26. The van der Waals surface area contributed by atoms with E-state index in [2.05, 4.69) is 0 Å². The van der Waals surface area contributed by atoms with Gasteiger partial charge in [-0.2, -0.15) is 5.26 Å². The molecule has 1 aromatic heterocycles. The lowest BCUT2D eigenvalue weighted by molar-refractivity contribution is -0.121. The van der Waals surface area contributed by atoms with E-state index in [9.17, 15) is 24.8 Å². The second-order valence-electron chi connectivity index (χ2n) is 8.88. The summed E-state index contributed by atoms with van der Waals surface area (Å²) in [6.45, 7) is 3.05. The molecule has 0 spiro atoms. The number of carbonyl (C=O) groups excluding carboxylic acids is 2. The predicted molar refractivity (Wildman–Crippen MR) is 139 cm³/mol. The summed E-state index contributed by atoms with van der Waals surface area (Å²) in [5, 5.41) is 20.7. The summed E-state index contributed by atoms with van der Waals surface area (Å²) in [5.41, 5.74) is 1.20. The maximum atomic E-state index is 13.4. The van der Waals surface area contributed by atoms with Crippen LogP contribution in [0.5, 0.6) is 5.88 Å². The van der Waals surface area contributed by atoms with Gasteiger partial charge in [0.1, 0.15) is 16.0 Å². The van der Waals surface area contributed by atoms with Crippen molar-refractivity contribution in [1.82, 2.24) is 9.47 Å². The molecule has 2 fully saturated rings. The smallest absolute Gasteiger partial charge is 0.271 e. The molecule has 1 amide bonds. The number of hydrogen-bond acceptors (Lipinski definition) is 7. The van der Waals surface area contributed by atoms with E-state index >= 15 is 0 Å². The number of hydrogen-bond donors (Lipinski definition) is 1. The average Bonchev–Trinajstić information content (AvgIpc) is 3.08. The van der Waals surface area contributed by atoms with Crippen molar-refractivity contribution in [3.05, 3.63) is 67.3 Å². The SMILES string of the molecule is Cc1ccc(/C=C2\SC(=S)N(CC(=O)c3c(C)c(C#N)c(=O)n(C4CCCCC4)c3O)C2=O)cc1. The third kappa shape index (κ3) is 4.81. The first-order valence-corrected chi connectivity index (χ1v) is 12.7. The van der Waals surface area contributed by atoms with Gasteiger partial charge in [-0.05, 0) is 43.9 Å². The van der Waals surface area contributed by atoms with Gasteiger partial charge >= 0.3 is 0 Å². The Morgan fingerprint density at radius 2 is 1.86 bits per heavy atom. The van der Waals surface area contributed by atoms with Gasteiger partial charge in [-0.3, -0.25) is 23.9 Å². The highest BCUT2D eigenvalue weighted by atomic mass is 32.2. The zero-order valence-electron chi connectivity index (χ0n) is 19.5. The third-order valence-electron chi connectivity index (χ3n) is 6.52. The van der Waals surface area contributed by atoms with Crippen molar-refractivity contribution < 1.29 is 14.7 Å². The number of aromatic nitrogens is 1. The molecule has 35 heavy (non-hydrogen) atoms. The number of aryl methyl sites for hydroxylation is 1. The number of benzene rings is 1. The van der Waals surface area contributed by atoms with E-state index in [1.165, 1.54) is 16.4 Å². The van der Waals surface area contributed by atoms with Crippen molar-refractivity contribution in [2.45, 2.75) is 52.0 Å². The first-order chi connectivity index (χ1) is 16.7. The Hall–Kier alpha value is -3.22. The summed E-state index contributed by atoms with van der Waals surface area (Å²) in [6.07, 6.45) is 5.95. The van der Waals surface area contributed by atoms with E-state index in [1.807, 2.05) is 37.3 Å². The number of carbonyl (C=O) groups is 2. The van der Waals surface area contributed by atoms with Crippen molar-refractivity contribution in [2.75, 3.05) is 6.54 Å². The normalized spacial score (nSPS) is 17.7. The van der Waals surface area contributed by atoms with E-state index in [-0.39, 0.29) is 27.1 Å². The van der Waals surface area contributed by atoms with Crippen LogP contribution < -0.4 is 5.56 Å².